The summed E-state index contributed by atoms with van der Waals surface area (Å²) in [4.78, 5) is 0. The first-order chi connectivity index (χ1) is 9.22. The molecule has 19 heavy (non-hydrogen) atoms. The highest BCUT2D eigenvalue weighted by Gasteiger charge is 2.12. The fraction of sp³-hybridized carbons (Fsp3) is 0.400. The fourth-order valence-electron chi connectivity index (χ4n) is 2.19. The summed E-state index contributed by atoms with van der Waals surface area (Å²) in [6.45, 7) is 2.69. The third-order valence-corrected chi connectivity index (χ3v) is 3.12. The minimum Gasteiger partial charge on any atom is -0.494 e. The summed E-state index contributed by atoms with van der Waals surface area (Å²) in [6, 6.07) is 8.52. The van der Waals surface area contributed by atoms with Crippen LogP contribution in [0.2, 0.25) is 0 Å². The monoisotopic (exact) mass is 259 g/mol. The van der Waals surface area contributed by atoms with Crippen LogP contribution in [-0.2, 0) is 13.5 Å². The van der Waals surface area contributed by atoms with E-state index in [1.54, 1.807) is 0 Å². The fourth-order valence-corrected chi connectivity index (χ4v) is 2.19. The van der Waals surface area contributed by atoms with Crippen LogP contribution in [0.5, 0.6) is 5.75 Å². The molecule has 0 radical (unpaired) electrons. The quantitative estimate of drug-likeness (QED) is 0.865. The Kier molecular flexibility index (Phi) is 4.58. The summed E-state index contributed by atoms with van der Waals surface area (Å²) >= 11 is 0. The van der Waals surface area contributed by atoms with Crippen molar-refractivity contribution >= 4 is 0 Å². The van der Waals surface area contributed by atoms with Gasteiger partial charge in [0, 0.05) is 19.3 Å². The number of nitrogens with zero attached hydrogens (tertiary/aromatic N) is 2. The van der Waals surface area contributed by atoms with Gasteiger partial charge in [-0.3, -0.25) is 4.68 Å². The van der Waals surface area contributed by atoms with Crippen LogP contribution in [0.4, 0.5) is 0 Å². The molecule has 102 valence electrons. The molecule has 1 aromatic carbocycles. The summed E-state index contributed by atoms with van der Waals surface area (Å²) in [5.74, 6) is 0.923. The molecule has 1 aromatic heterocycles. The molecule has 0 aliphatic carbocycles. The van der Waals surface area contributed by atoms with Crippen molar-refractivity contribution in [3.05, 3.63) is 47.8 Å². The Balaban J connectivity index is 2.14. The maximum Gasteiger partial charge on any atom is 0.119 e. The van der Waals surface area contributed by atoms with Crippen LogP contribution in [0.15, 0.2) is 36.7 Å². The number of aryl methyl sites for hydroxylation is 1. The van der Waals surface area contributed by atoms with Crippen molar-refractivity contribution in [1.82, 2.24) is 15.1 Å². The minimum absolute atomic E-state index is 0.268. The summed E-state index contributed by atoms with van der Waals surface area (Å²) < 4.78 is 7.38. The molecular formula is C15H21N3O. The Hall–Kier alpha value is -1.81. The van der Waals surface area contributed by atoms with E-state index in [0.717, 1.165) is 12.2 Å². The molecular weight excluding hydrogens is 238 g/mol. The molecule has 0 saturated heterocycles. The third kappa shape index (κ3) is 3.58. The second-order valence-corrected chi connectivity index (χ2v) is 4.57. The van der Waals surface area contributed by atoms with Gasteiger partial charge < -0.3 is 10.1 Å². The first-order valence-electron chi connectivity index (χ1n) is 6.60. The van der Waals surface area contributed by atoms with Crippen molar-refractivity contribution in [1.29, 1.82) is 0 Å². The van der Waals surface area contributed by atoms with Crippen LogP contribution in [0.3, 0.4) is 0 Å². The second-order valence-electron chi connectivity index (χ2n) is 4.57. The molecule has 1 unspecified atom stereocenters. The number of hydrogen-bond donors (Lipinski definition) is 1. The van der Waals surface area contributed by atoms with E-state index in [0.29, 0.717) is 6.61 Å². The highest BCUT2D eigenvalue weighted by molar-refractivity contribution is 5.31. The number of nitrogens with one attached hydrogen (secondary N) is 1. The standard InChI is InChI=1S/C15H21N3O/c1-4-19-14-7-5-6-13(9-14)15(16-2)8-12-10-17-18(3)11-12/h5-7,9-11,15-16H,4,8H2,1-3H3. The maximum atomic E-state index is 5.55. The van der Waals surface area contributed by atoms with Gasteiger partial charge in [0.05, 0.1) is 12.8 Å². The molecule has 4 nitrogen and oxygen atoms in total. The van der Waals surface area contributed by atoms with Gasteiger partial charge in [-0.2, -0.15) is 5.10 Å². The lowest BCUT2D eigenvalue weighted by molar-refractivity contribution is 0.339. The Labute approximate surface area is 114 Å². The first-order valence-corrected chi connectivity index (χ1v) is 6.60. The largest absolute Gasteiger partial charge is 0.494 e. The van der Waals surface area contributed by atoms with Crippen LogP contribution in [0.1, 0.15) is 24.1 Å². The molecule has 0 aliphatic rings. The van der Waals surface area contributed by atoms with E-state index >= 15 is 0 Å². The Bertz CT molecular complexity index is 522. The Morgan fingerprint density at radius 3 is 2.89 bits per heavy atom. The summed E-state index contributed by atoms with van der Waals surface area (Å²) in [7, 11) is 3.92. The average Bonchev–Trinajstić information content (AvgIpc) is 2.82. The molecule has 1 heterocycles. The zero-order chi connectivity index (χ0) is 13.7. The molecule has 4 heteroatoms. The lowest BCUT2D eigenvalue weighted by Gasteiger charge is -2.16. The summed E-state index contributed by atoms with van der Waals surface area (Å²) in [6.07, 6.45) is 4.88. The van der Waals surface area contributed by atoms with Crippen molar-refractivity contribution in [2.45, 2.75) is 19.4 Å². The minimum atomic E-state index is 0.268. The van der Waals surface area contributed by atoms with Crippen LogP contribution in [-0.4, -0.2) is 23.4 Å². The molecule has 0 saturated carbocycles. The Morgan fingerprint density at radius 1 is 1.42 bits per heavy atom. The summed E-state index contributed by atoms with van der Waals surface area (Å²) in [5.41, 5.74) is 2.46. The number of aromatic nitrogens is 2. The molecule has 0 amide bonds. The molecule has 2 rings (SSSR count). The SMILES string of the molecule is CCOc1cccc(C(Cc2cnn(C)c2)NC)c1. The predicted molar refractivity (Wildman–Crippen MR) is 76.3 cm³/mol. The molecule has 0 fully saturated rings. The van der Waals surface area contributed by atoms with Gasteiger partial charge in [-0.1, -0.05) is 12.1 Å². The van der Waals surface area contributed by atoms with Crippen molar-refractivity contribution in [2.75, 3.05) is 13.7 Å². The Morgan fingerprint density at radius 2 is 2.26 bits per heavy atom. The van der Waals surface area contributed by atoms with Gasteiger partial charge in [-0.15, -0.1) is 0 Å². The number of ether oxygens (including phenoxy) is 1. The van der Waals surface area contributed by atoms with Gasteiger partial charge in [0.1, 0.15) is 5.75 Å². The van der Waals surface area contributed by atoms with Gasteiger partial charge in [-0.25, -0.2) is 0 Å². The van der Waals surface area contributed by atoms with E-state index < -0.39 is 0 Å². The molecule has 0 bridgehead atoms. The highest BCUT2D eigenvalue weighted by atomic mass is 16.5. The van der Waals surface area contributed by atoms with Crippen molar-refractivity contribution in [2.24, 2.45) is 7.05 Å². The van der Waals surface area contributed by atoms with Crippen LogP contribution >= 0.6 is 0 Å². The number of rotatable bonds is 6. The smallest absolute Gasteiger partial charge is 0.119 e. The average molecular weight is 259 g/mol. The zero-order valence-electron chi connectivity index (χ0n) is 11.8. The number of benzene rings is 1. The molecule has 2 aromatic rings. The third-order valence-electron chi connectivity index (χ3n) is 3.12. The van der Waals surface area contributed by atoms with Crippen LogP contribution in [0.25, 0.3) is 0 Å². The van der Waals surface area contributed by atoms with E-state index in [1.807, 2.05) is 44.0 Å². The zero-order valence-corrected chi connectivity index (χ0v) is 11.8. The van der Waals surface area contributed by atoms with Gasteiger partial charge >= 0.3 is 0 Å². The first kappa shape index (κ1) is 13.6. The van der Waals surface area contributed by atoms with E-state index in [-0.39, 0.29) is 6.04 Å². The van der Waals surface area contributed by atoms with E-state index in [9.17, 15) is 0 Å². The molecule has 0 spiro atoms. The lowest BCUT2D eigenvalue weighted by atomic mass is 10.0. The number of hydrogen-bond acceptors (Lipinski definition) is 3. The topological polar surface area (TPSA) is 39.1 Å². The van der Waals surface area contributed by atoms with Crippen molar-refractivity contribution in [3.63, 3.8) is 0 Å². The normalized spacial score (nSPS) is 12.4. The van der Waals surface area contributed by atoms with Gasteiger partial charge in [-0.05, 0) is 43.7 Å². The van der Waals surface area contributed by atoms with Gasteiger partial charge in [0.2, 0.25) is 0 Å². The van der Waals surface area contributed by atoms with Crippen molar-refractivity contribution < 1.29 is 4.74 Å². The number of likely N-dealkylation sites (N-methyl/N-ethyl adjacent to an activating group) is 1. The van der Waals surface area contributed by atoms with Crippen LogP contribution in [0, 0.1) is 0 Å². The second kappa shape index (κ2) is 6.38. The predicted octanol–water partition coefficient (Wildman–Crippen LogP) is 2.32. The van der Waals surface area contributed by atoms with E-state index in [2.05, 4.69) is 28.7 Å². The molecule has 1 N–H and O–H groups in total. The molecule has 1 atom stereocenters. The van der Waals surface area contributed by atoms with E-state index in [1.165, 1.54) is 11.1 Å². The van der Waals surface area contributed by atoms with Gasteiger partial charge in [0.25, 0.3) is 0 Å². The highest BCUT2D eigenvalue weighted by Crippen LogP contribution is 2.22. The van der Waals surface area contributed by atoms with Crippen LogP contribution < -0.4 is 10.1 Å². The summed E-state index contributed by atoms with van der Waals surface area (Å²) in [5, 5.41) is 7.56. The van der Waals surface area contributed by atoms with Gasteiger partial charge in [0.15, 0.2) is 0 Å². The molecule has 0 aliphatic heterocycles. The van der Waals surface area contributed by atoms with Crippen molar-refractivity contribution in [3.8, 4) is 5.75 Å². The lowest BCUT2D eigenvalue weighted by Crippen LogP contribution is -2.18. The maximum absolute atomic E-state index is 5.55. The van der Waals surface area contributed by atoms with E-state index in [4.69, 9.17) is 4.74 Å².